The van der Waals surface area contributed by atoms with Crippen LogP contribution < -0.4 is 35.0 Å². The van der Waals surface area contributed by atoms with Crippen LogP contribution in [0.5, 0.6) is 0 Å². The number of hydrogen-bond acceptors (Lipinski definition) is 5. The number of nitroso groups, excluding NO2 is 1. The first-order chi connectivity index (χ1) is 7.36. The van der Waals surface area contributed by atoms with Crippen molar-refractivity contribution in [3.05, 3.63) is 17.6 Å². The summed E-state index contributed by atoms with van der Waals surface area (Å²) in [5, 5.41) is 2.57. The Labute approximate surface area is 114 Å². The van der Waals surface area contributed by atoms with Gasteiger partial charge in [0.05, 0.1) is 11.6 Å². The Hall–Kier alpha value is -1.05. The van der Waals surface area contributed by atoms with Gasteiger partial charge in [0, 0.05) is 6.54 Å². The Balaban J connectivity index is 0.00000128. The summed E-state index contributed by atoms with van der Waals surface area (Å²) in [5.41, 5.74) is 3.52. The molecule has 2 rings (SSSR count). The average Bonchev–Trinajstić information content (AvgIpc) is 2.64. The van der Waals surface area contributed by atoms with Crippen molar-refractivity contribution < 1.29 is 29.6 Å². The average molecular weight is 229 g/mol. The zero-order valence-corrected chi connectivity index (χ0v) is 11.2. The van der Waals surface area contributed by atoms with Crippen LogP contribution in [-0.4, -0.2) is 19.5 Å². The molecule has 0 atom stereocenters. The molecule has 0 saturated heterocycles. The number of nitrogens with zero attached hydrogens (tertiary/aromatic N) is 5. The number of aromatic nitrogens is 4. The summed E-state index contributed by atoms with van der Waals surface area (Å²) in [4.78, 5) is 22.2. The summed E-state index contributed by atoms with van der Waals surface area (Å²) in [6.45, 7) is 2.90. The van der Waals surface area contributed by atoms with Crippen LogP contribution in [0.3, 0.4) is 0 Å². The SMILES string of the molecule is CCCn1cnc2c(NN=O)ncnc21.[Na+]. The minimum atomic E-state index is 0. The Morgan fingerprint density at radius 1 is 1.44 bits per heavy atom. The molecule has 0 saturated carbocycles. The summed E-state index contributed by atoms with van der Waals surface area (Å²) in [7, 11) is 0. The second-order valence-corrected chi connectivity index (χ2v) is 3.04. The fourth-order valence-electron chi connectivity index (χ4n) is 1.41. The maximum absolute atomic E-state index is 10.1. The summed E-state index contributed by atoms with van der Waals surface area (Å²) in [6, 6.07) is 0. The Kier molecular flexibility index (Phi) is 4.78. The summed E-state index contributed by atoms with van der Waals surface area (Å²) in [6.07, 6.45) is 4.05. The molecule has 78 valence electrons. The molecule has 2 aromatic rings. The van der Waals surface area contributed by atoms with Crippen LogP contribution in [0, 0.1) is 4.91 Å². The van der Waals surface area contributed by atoms with E-state index in [1.807, 2.05) is 4.57 Å². The molecule has 0 bridgehead atoms. The summed E-state index contributed by atoms with van der Waals surface area (Å²) in [5.74, 6) is 0.338. The van der Waals surface area contributed by atoms with Gasteiger partial charge in [0.2, 0.25) is 0 Å². The van der Waals surface area contributed by atoms with Gasteiger partial charge < -0.3 is 4.57 Å². The number of nitrogens with one attached hydrogen (secondary N) is 1. The van der Waals surface area contributed by atoms with E-state index in [-0.39, 0.29) is 29.6 Å². The molecule has 0 spiro atoms. The first-order valence-corrected chi connectivity index (χ1v) is 4.61. The van der Waals surface area contributed by atoms with Crippen molar-refractivity contribution in [3.8, 4) is 0 Å². The number of rotatable bonds is 4. The predicted molar refractivity (Wildman–Crippen MR) is 55.0 cm³/mol. The maximum atomic E-state index is 10.1. The zero-order valence-electron chi connectivity index (χ0n) is 9.21. The summed E-state index contributed by atoms with van der Waals surface area (Å²) >= 11 is 0. The van der Waals surface area contributed by atoms with E-state index >= 15 is 0 Å². The van der Waals surface area contributed by atoms with Gasteiger partial charge in [-0.25, -0.2) is 20.4 Å². The number of hydrogen-bond donors (Lipinski definition) is 1. The second kappa shape index (κ2) is 5.88. The molecule has 0 fully saturated rings. The van der Waals surface area contributed by atoms with Crippen LogP contribution in [0.1, 0.15) is 13.3 Å². The molecule has 0 aliphatic heterocycles. The van der Waals surface area contributed by atoms with Gasteiger partial charge in [-0.2, -0.15) is 0 Å². The number of aryl methyl sites for hydroxylation is 1. The van der Waals surface area contributed by atoms with Gasteiger partial charge in [0.1, 0.15) is 6.33 Å². The first-order valence-electron chi connectivity index (χ1n) is 4.61. The molecule has 0 aromatic carbocycles. The standard InChI is InChI=1S/C8H10N6O.Na/c1-2-3-14-5-11-6-7(12-13-15)9-4-10-8(6)14;/h4-5H,2-3H2,1H3,(H,9,10,12,15);/q;+1. The van der Waals surface area contributed by atoms with Crippen molar-refractivity contribution in [1.29, 1.82) is 0 Å². The fraction of sp³-hybridized carbons (Fsp3) is 0.375. The molecule has 2 aromatic heterocycles. The molecule has 0 radical (unpaired) electrons. The van der Waals surface area contributed by atoms with Gasteiger partial charge in [-0.05, 0) is 6.42 Å². The third kappa shape index (κ3) is 2.37. The van der Waals surface area contributed by atoms with Crippen molar-refractivity contribution in [2.24, 2.45) is 5.29 Å². The van der Waals surface area contributed by atoms with Gasteiger partial charge in [0.15, 0.2) is 17.0 Å². The van der Waals surface area contributed by atoms with E-state index in [0.29, 0.717) is 17.0 Å². The molecule has 7 nitrogen and oxygen atoms in total. The van der Waals surface area contributed by atoms with Crippen molar-refractivity contribution in [2.45, 2.75) is 19.9 Å². The molecule has 0 unspecified atom stereocenters. The zero-order chi connectivity index (χ0) is 10.7. The van der Waals surface area contributed by atoms with Gasteiger partial charge >= 0.3 is 29.6 Å². The third-order valence-electron chi connectivity index (χ3n) is 2.02. The maximum Gasteiger partial charge on any atom is 1.00 e. The Morgan fingerprint density at radius 3 is 2.94 bits per heavy atom. The van der Waals surface area contributed by atoms with Crippen molar-refractivity contribution in [1.82, 2.24) is 19.5 Å². The van der Waals surface area contributed by atoms with E-state index < -0.39 is 0 Å². The minimum Gasteiger partial charge on any atom is -0.315 e. The summed E-state index contributed by atoms with van der Waals surface area (Å²) < 4.78 is 1.91. The molecule has 0 aliphatic carbocycles. The molecular formula is C8H10N6NaO+. The van der Waals surface area contributed by atoms with Crippen molar-refractivity contribution in [3.63, 3.8) is 0 Å². The van der Waals surface area contributed by atoms with Crippen LogP contribution in [0.4, 0.5) is 5.82 Å². The molecule has 8 heteroatoms. The predicted octanol–water partition coefficient (Wildman–Crippen LogP) is -1.67. The van der Waals surface area contributed by atoms with Gasteiger partial charge in [0.25, 0.3) is 0 Å². The topological polar surface area (TPSA) is 85.1 Å². The van der Waals surface area contributed by atoms with Crippen LogP contribution in [0.25, 0.3) is 11.2 Å². The number of anilines is 1. The molecule has 16 heavy (non-hydrogen) atoms. The third-order valence-corrected chi connectivity index (χ3v) is 2.02. The monoisotopic (exact) mass is 229 g/mol. The molecular weight excluding hydrogens is 219 g/mol. The van der Waals surface area contributed by atoms with Crippen LogP contribution in [0.2, 0.25) is 0 Å². The fourth-order valence-corrected chi connectivity index (χ4v) is 1.41. The van der Waals surface area contributed by atoms with Gasteiger partial charge in [-0.3, -0.25) is 0 Å². The van der Waals surface area contributed by atoms with Gasteiger partial charge in [-0.1, -0.05) is 6.92 Å². The minimum absolute atomic E-state index is 0. The number of fused-ring (bicyclic) bond motifs is 1. The van der Waals surface area contributed by atoms with E-state index in [1.165, 1.54) is 6.33 Å². The van der Waals surface area contributed by atoms with E-state index in [4.69, 9.17) is 0 Å². The quantitative estimate of drug-likeness (QED) is 0.385. The van der Waals surface area contributed by atoms with Gasteiger partial charge in [-0.15, -0.1) is 4.91 Å². The molecule has 1 N–H and O–H groups in total. The van der Waals surface area contributed by atoms with Crippen LogP contribution in [0.15, 0.2) is 17.9 Å². The smallest absolute Gasteiger partial charge is 0.315 e. The van der Waals surface area contributed by atoms with Crippen LogP contribution >= 0.6 is 0 Å². The molecule has 0 aliphatic rings. The Morgan fingerprint density at radius 2 is 2.25 bits per heavy atom. The van der Waals surface area contributed by atoms with Crippen LogP contribution in [-0.2, 0) is 6.54 Å². The van der Waals surface area contributed by atoms with E-state index in [2.05, 4.69) is 32.6 Å². The van der Waals surface area contributed by atoms with E-state index in [1.54, 1.807) is 6.33 Å². The van der Waals surface area contributed by atoms with E-state index in [9.17, 15) is 4.91 Å². The molecule has 0 amide bonds. The number of imidazole rings is 1. The molecule has 2 heterocycles. The van der Waals surface area contributed by atoms with E-state index in [0.717, 1.165) is 13.0 Å². The second-order valence-electron chi connectivity index (χ2n) is 3.04. The largest absolute Gasteiger partial charge is 1.00 e. The van der Waals surface area contributed by atoms with Crippen molar-refractivity contribution in [2.75, 3.05) is 5.43 Å². The Bertz CT molecular complexity index is 484. The normalized spacial score (nSPS) is 9.81. The first kappa shape index (κ1) is 13.0. The van der Waals surface area contributed by atoms with Crippen molar-refractivity contribution >= 4 is 17.0 Å².